The minimum absolute atomic E-state index is 0.0243. The van der Waals surface area contributed by atoms with Crippen LogP contribution in [0.4, 0.5) is 0 Å². The summed E-state index contributed by atoms with van der Waals surface area (Å²) in [7, 11) is 0. The van der Waals surface area contributed by atoms with Gasteiger partial charge in [0.15, 0.2) is 6.29 Å². The first kappa shape index (κ1) is 20.6. The van der Waals surface area contributed by atoms with E-state index in [0.29, 0.717) is 18.9 Å². The van der Waals surface area contributed by atoms with Gasteiger partial charge in [0.25, 0.3) is 0 Å². The van der Waals surface area contributed by atoms with Crippen molar-refractivity contribution in [2.45, 2.75) is 45.3 Å². The predicted octanol–water partition coefficient (Wildman–Crippen LogP) is 5.36. The molecule has 5 nitrogen and oxygen atoms in total. The first-order valence-corrected chi connectivity index (χ1v) is 10.7. The van der Waals surface area contributed by atoms with Crippen LogP contribution in [0.1, 0.15) is 36.3 Å². The van der Waals surface area contributed by atoms with E-state index in [9.17, 15) is 0 Å². The highest BCUT2D eigenvalue weighted by atomic mass is 16.7. The molecule has 2 aromatic carbocycles. The van der Waals surface area contributed by atoms with Crippen LogP contribution in [-0.4, -0.2) is 31.1 Å². The standard InChI is InChI=1S/C25H29NO4/c1-19-23(26-25(30-19)21-8-3-2-4-9-21)15-18-27-22-13-11-20(12-14-22)7-5-10-24-28-16-6-17-29-24/h2-4,8-9,11-14,24H,5-7,10,15-18H2,1H3. The number of ether oxygens (including phenoxy) is 3. The van der Waals surface area contributed by atoms with E-state index in [2.05, 4.69) is 17.1 Å². The molecule has 30 heavy (non-hydrogen) atoms. The van der Waals surface area contributed by atoms with Crippen LogP contribution in [0.3, 0.4) is 0 Å². The third-order valence-electron chi connectivity index (χ3n) is 5.25. The van der Waals surface area contributed by atoms with E-state index in [0.717, 1.165) is 61.7 Å². The quantitative estimate of drug-likeness (QED) is 0.478. The molecule has 0 saturated carbocycles. The first-order valence-electron chi connectivity index (χ1n) is 10.7. The SMILES string of the molecule is Cc1oc(-c2ccccc2)nc1CCOc1ccc(CCCC2OCCCO2)cc1. The summed E-state index contributed by atoms with van der Waals surface area (Å²) in [5, 5.41) is 0. The molecule has 0 N–H and O–H groups in total. The maximum atomic E-state index is 5.91. The van der Waals surface area contributed by atoms with E-state index in [-0.39, 0.29) is 6.29 Å². The Labute approximate surface area is 178 Å². The number of aromatic nitrogens is 1. The Hall–Kier alpha value is -2.63. The lowest BCUT2D eigenvalue weighted by Gasteiger charge is -2.23. The second-order valence-electron chi connectivity index (χ2n) is 7.55. The molecule has 1 aliphatic heterocycles. The fraction of sp³-hybridized carbons (Fsp3) is 0.400. The summed E-state index contributed by atoms with van der Waals surface area (Å²) in [4.78, 5) is 4.63. The van der Waals surface area contributed by atoms with E-state index in [4.69, 9.17) is 18.6 Å². The maximum Gasteiger partial charge on any atom is 0.226 e. The van der Waals surface area contributed by atoms with Crippen LogP contribution in [0.2, 0.25) is 0 Å². The van der Waals surface area contributed by atoms with Gasteiger partial charge in [-0.2, -0.15) is 0 Å². The molecule has 0 spiro atoms. The molecule has 1 aliphatic rings. The number of oxazole rings is 1. The van der Waals surface area contributed by atoms with Gasteiger partial charge in [-0.15, -0.1) is 0 Å². The van der Waals surface area contributed by atoms with Gasteiger partial charge in [0.2, 0.25) is 5.89 Å². The average molecular weight is 408 g/mol. The Morgan fingerprint density at radius 2 is 1.73 bits per heavy atom. The first-order chi connectivity index (χ1) is 14.8. The molecular formula is C25H29NO4. The monoisotopic (exact) mass is 407 g/mol. The van der Waals surface area contributed by atoms with Crippen molar-refractivity contribution in [1.29, 1.82) is 0 Å². The average Bonchev–Trinajstić information content (AvgIpc) is 3.17. The molecule has 0 amide bonds. The second-order valence-corrected chi connectivity index (χ2v) is 7.55. The lowest BCUT2D eigenvalue weighted by atomic mass is 10.1. The third-order valence-corrected chi connectivity index (χ3v) is 5.25. The highest BCUT2D eigenvalue weighted by Gasteiger charge is 2.13. The summed E-state index contributed by atoms with van der Waals surface area (Å²) in [6.07, 6.45) is 4.71. The largest absolute Gasteiger partial charge is 0.493 e. The summed E-state index contributed by atoms with van der Waals surface area (Å²) >= 11 is 0. The highest BCUT2D eigenvalue weighted by molar-refractivity contribution is 5.53. The summed E-state index contributed by atoms with van der Waals surface area (Å²) < 4.78 is 22.9. The van der Waals surface area contributed by atoms with Gasteiger partial charge in [0.05, 0.1) is 25.5 Å². The number of rotatable bonds is 9. The van der Waals surface area contributed by atoms with Crippen molar-refractivity contribution >= 4 is 0 Å². The molecule has 1 saturated heterocycles. The Morgan fingerprint density at radius 3 is 2.50 bits per heavy atom. The molecule has 5 heteroatoms. The van der Waals surface area contributed by atoms with Gasteiger partial charge in [-0.3, -0.25) is 0 Å². The number of hydrogen-bond donors (Lipinski definition) is 0. The minimum atomic E-state index is -0.0243. The van der Waals surface area contributed by atoms with Gasteiger partial charge in [0, 0.05) is 12.0 Å². The minimum Gasteiger partial charge on any atom is -0.493 e. The van der Waals surface area contributed by atoms with Gasteiger partial charge in [-0.05, 0) is 62.4 Å². The van der Waals surface area contributed by atoms with E-state index in [1.807, 2.05) is 49.4 Å². The van der Waals surface area contributed by atoms with Crippen LogP contribution in [0.5, 0.6) is 5.75 Å². The lowest BCUT2D eigenvalue weighted by Crippen LogP contribution is -2.24. The second kappa shape index (κ2) is 10.4. The molecule has 1 aromatic heterocycles. The molecule has 0 atom stereocenters. The van der Waals surface area contributed by atoms with Gasteiger partial charge >= 0.3 is 0 Å². The molecule has 4 rings (SSSR count). The zero-order valence-corrected chi connectivity index (χ0v) is 17.5. The Bertz CT molecular complexity index is 899. The van der Waals surface area contributed by atoms with Gasteiger partial charge in [0.1, 0.15) is 11.5 Å². The molecule has 3 aromatic rings. The van der Waals surface area contributed by atoms with Crippen LogP contribution < -0.4 is 4.74 Å². The van der Waals surface area contributed by atoms with Crippen molar-refractivity contribution < 1.29 is 18.6 Å². The maximum absolute atomic E-state index is 5.91. The number of hydrogen-bond acceptors (Lipinski definition) is 5. The number of nitrogens with zero attached hydrogens (tertiary/aromatic N) is 1. The van der Waals surface area contributed by atoms with E-state index < -0.39 is 0 Å². The molecule has 158 valence electrons. The van der Waals surface area contributed by atoms with Gasteiger partial charge < -0.3 is 18.6 Å². The Balaban J connectivity index is 1.21. The smallest absolute Gasteiger partial charge is 0.226 e. The Kier molecular flexibility index (Phi) is 7.16. The molecule has 0 radical (unpaired) electrons. The fourth-order valence-electron chi connectivity index (χ4n) is 3.56. The van der Waals surface area contributed by atoms with Crippen LogP contribution in [-0.2, 0) is 22.3 Å². The normalized spacial score (nSPS) is 14.7. The fourth-order valence-corrected chi connectivity index (χ4v) is 3.56. The van der Waals surface area contributed by atoms with Crippen LogP contribution >= 0.6 is 0 Å². The third kappa shape index (κ3) is 5.71. The molecule has 0 bridgehead atoms. The lowest BCUT2D eigenvalue weighted by molar-refractivity contribution is -0.181. The van der Waals surface area contributed by atoms with E-state index in [1.165, 1.54) is 5.56 Å². The van der Waals surface area contributed by atoms with Crippen molar-refractivity contribution in [3.05, 3.63) is 71.6 Å². The van der Waals surface area contributed by atoms with Gasteiger partial charge in [-0.25, -0.2) is 4.98 Å². The summed E-state index contributed by atoms with van der Waals surface area (Å²) in [6.45, 7) is 4.15. The van der Waals surface area contributed by atoms with Crippen molar-refractivity contribution in [3.8, 4) is 17.2 Å². The topological polar surface area (TPSA) is 53.7 Å². The van der Waals surface area contributed by atoms with E-state index >= 15 is 0 Å². The Morgan fingerprint density at radius 1 is 0.967 bits per heavy atom. The van der Waals surface area contributed by atoms with Crippen LogP contribution in [0, 0.1) is 6.92 Å². The van der Waals surface area contributed by atoms with E-state index in [1.54, 1.807) is 0 Å². The number of aryl methyl sites for hydroxylation is 2. The molecule has 2 heterocycles. The van der Waals surface area contributed by atoms with Crippen molar-refractivity contribution in [2.75, 3.05) is 19.8 Å². The van der Waals surface area contributed by atoms with Crippen LogP contribution in [0.15, 0.2) is 59.0 Å². The molecule has 0 aliphatic carbocycles. The van der Waals surface area contributed by atoms with Gasteiger partial charge in [-0.1, -0.05) is 30.3 Å². The summed E-state index contributed by atoms with van der Waals surface area (Å²) in [5.41, 5.74) is 3.24. The highest BCUT2D eigenvalue weighted by Crippen LogP contribution is 2.22. The number of benzene rings is 2. The van der Waals surface area contributed by atoms with Crippen LogP contribution in [0.25, 0.3) is 11.5 Å². The van der Waals surface area contributed by atoms with Crippen molar-refractivity contribution in [3.63, 3.8) is 0 Å². The molecule has 1 fully saturated rings. The zero-order chi connectivity index (χ0) is 20.6. The zero-order valence-electron chi connectivity index (χ0n) is 17.5. The molecular weight excluding hydrogens is 378 g/mol. The van der Waals surface area contributed by atoms with Crippen molar-refractivity contribution in [2.24, 2.45) is 0 Å². The summed E-state index contributed by atoms with van der Waals surface area (Å²) in [6, 6.07) is 18.3. The van der Waals surface area contributed by atoms with Crippen molar-refractivity contribution in [1.82, 2.24) is 4.98 Å². The molecule has 0 unspecified atom stereocenters. The summed E-state index contributed by atoms with van der Waals surface area (Å²) in [5.74, 6) is 2.39. The predicted molar refractivity (Wildman–Crippen MR) is 116 cm³/mol.